The molecule has 0 radical (unpaired) electrons. The lowest BCUT2D eigenvalue weighted by molar-refractivity contribution is 0.889. The number of rotatable bonds is 3. The van der Waals surface area contributed by atoms with E-state index in [0.29, 0.717) is 0 Å². The van der Waals surface area contributed by atoms with Crippen molar-refractivity contribution in [3.63, 3.8) is 0 Å². The Kier molecular flexibility index (Phi) is 3.75. The minimum Gasteiger partial charge on any atom is -0.378 e. The monoisotopic (exact) mass is 311 g/mol. The van der Waals surface area contributed by atoms with Gasteiger partial charge in [0.15, 0.2) is 0 Å². The van der Waals surface area contributed by atoms with Crippen molar-refractivity contribution in [3.8, 4) is 0 Å². The molecule has 0 fully saturated rings. The SMILES string of the molecule is CC(Nc1ccc2c(c1)CCC2)c1cc(Cl)sc1Cl. The van der Waals surface area contributed by atoms with Crippen molar-refractivity contribution in [2.45, 2.75) is 32.2 Å². The third-order valence-electron chi connectivity index (χ3n) is 3.63. The van der Waals surface area contributed by atoms with Crippen molar-refractivity contribution in [1.29, 1.82) is 0 Å². The highest BCUT2D eigenvalue weighted by Gasteiger charge is 2.15. The van der Waals surface area contributed by atoms with Crippen molar-refractivity contribution in [2.24, 2.45) is 0 Å². The summed E-state index contributed by atoms with van der Waals surface area (Å²) < 4.78 is 1.51. The maximum absolute atomic E-state index is 6.19. The lowest BCUT2D eigenvalue weighted by Crippen LogP contribution is -2.06. The van der Waals surface area contributed by atoms with E-state index in [4.69, 9.17) is 23.2 Å². The summed E-state index contributed by atoms with van der Waals surface area (Å²) in [4.78, 5) is 0. The first-order valence-electron chi connectivity index (χ1n) is 6.46. The van der Waals surface area contributed by atoms with E-state index in [1.165, 1.54) is 41.7 Å². The van der Waals surface area contributed by atoms with Gasteiger partial charge in [-0.1, -0.05) is 29.3 Å². The number of hydrogen-bond acceptors (Lipinski definition) is 2. The second-order valence-corrected chi connectivity index (χ2v) is 7.27. The van der Waals surface area contributed by atoms with Crippen LogP contribution in [-0.4, -0.2) is 0 Å². The number of thiophene rings is 1. The molecule has 100 valence electrons. The number of fused-ring (bicyclic) bond motifs is 1. The zero-order valence-corrected chi connectivity index (χ0v) is 13.0. The van der Waals surface area contributed by atoms with Crippen LogP contribution in [0.5, 0.6) is 0 Å². The van der Waals surface area contributed by atoms with E-state index >= 15 is 0 Å². The van der Waals surface area contributed by atoms with Crippen LogP contribution in [0.3, 0.4) is 0 Å². The van der Waals surface area contributed by atoms with Crippen LogP contribution < -0.4 is 5.32 Å². The molecule has 1 aromatic carbocycles. The van der Waals surface area contributed by atoms with Gasteiger partial charge in [-0.3, -0.25) is 0 Å². The zero-order chi connectivity index (χ0) is 13.4. The van der Waals surface area contributed by atoms with E-state index in [-0.39, 0.29) is 6.04 Å². The Balaban J connectivity index is 1.79. The Labute approximate surface area is 127 Å². The molecule has 4 heteroatoms. The van der Waals surface area contributed by atoms with E-state index < -0.39 is 0 Å². The van der Waals surface area contributed by atoms with Gasteiger partial charge in [-0.05, 0) is 55.5 Å². The van der Waals surface area contributed by atoms with E-state index in [1.807, 2.05) is 6.07 Å². The Morgan fingerprint density at radius 3 is 2.68 bits per heavy atom. The van der Waals surface area contributed by atoms with Crippen molar-refractivity contribution in [2.75, 3.05) is 5.32 Å². The van der Waals surface area contributed by atoms with Crippen LogP contribution in [0, 0.1) is 0 Å². The molecule has 0 bridgehead atoms. The standard InChI is InChI=1S/C15H15Cl2NS/c1-9(13-8-14(16)19-15(13)17)18-12-6-5-10-3-2-4-11(10)7-12/h5-9,18H,2-4H2,1H3. The van der Waals surface area contributed by atoms with Crippen LogP contribution in [0.1, 0.15) is 36.1 Å². The van der Waals surface area contributed by atoms with Gasteiger partial charge in [-0.2, -0.15) is 0 Å². The number of hydrogen-bond donors (Lipinski definition) is 1. The van der Waals surface area contributed by atoms with E-state index in [9.17, 15) is 0 Å². The average molecular weight is 312 g/mol. The predicted octanol–water partition coefficient (Wildman–Crippen LogP) is 5.72. The summed E-state index contributed by atoms with van der Waals surface area (Å²) in [6.07, 6.45) is 3.70. The summed E-state index contributed by atoms with van der Waals surface area (Å²) in [5, 5.41) is 3.51. The summed E-state index contributed by atoms with van der Waals surface area (Å²) in [5.74, 6) is 0. The normalized spacial score (nSPS) is 15.3. The maximum Gasteiger partial charge on any atom is 0.0996 e. The Bertz CT molecular complexity index is 606. The van der Waals surface area contributed by atoms with E-state index in [0.717, 1.165) is 19.9 Å². The van der Waals surface area contributed by atoms with Gasteiger partial charge in [-0.15, -0.1) is 11.3 Å². The van der Waals surface area contributed by atoms with E-state index in [2.05, 4.69) is 30.4 Å². The molecule has 1 aromatic heterocycles. The lowest BCUT2D eigenvalue weighted by atomic mass is 10.1. The molecule has 19 heavy (non-hydrogen) atoms. The molecule has 2 aromatic rings. The molecular weight excluding hydrogens is 297 g/mol. The molecule has 1 N–H and O–H groups in total. The molecule has 0 amide bonds. The first-order chi connectivity index (χ1) is 9.13. The molecule has 3 rings (SSSR count). The van der Waals surface area contributed by atoms with Crippen LogP contribution in [0.25, 0.3) is 0 Å². The van der Waals surface area contributed by atoms with Gasteiger partial charge in [0.1, 0.15) is 0 Å². The fourth-order valence-corrected chi connectivity index (χ4v) is 4.28. The molecule has 0 saturated heterocycles. The molecule has 1 atom stereocenters. The Morgan fingerprint density at radius 1 is 1.16 bits per heavy atom. The lowest BCUT2D eigenvalue weighted by Gasteiger charge is -2.15. The predicted molar refractivity (Wildman–Crippen MR) is 84.8 cm³/mol. The molecular formula is C15H15Cl2NS. The number of anilines is 1. The highest BCUT2D eigenvalue weighted by Crippen LogP contribution is 2.36. The number of benzene rings is 1. The van der Waals surface area contributed by atoms with Crippen LogP contribution in [0.4, 0.5) is 5.69 Å². The average Bonchev–Trinajstić information content (AvgIpc) is 2.94. The molecule has 0 spiro atoms. The largest absolute Gasteiger partial charge is 0.378 e. The van der Waals surface area contributed by atoms with Gasteiger partial charge in [0.2, 0.25) is 0 Å². The summed E-state index contributed by atoms with van der Waals surface area (Å²) in [5.41, 5.74) is 5.20. The van der Waals surface area contributed by atoms with Gasteiger partial charge >= 0.3 is 0 Å². The zero-order valence-electron chi connectivity index (χ0n) is 10.7. The number of nitrogens with one attached hydrogen (secondary N) is 1. The number of halogens is 2. The Hall–Kier alpha value is -0.700. The van der Waals surface area contributed by atoms with Crippen LogP contribution in [-0.2, 0) is 12.8 Å². The van der Waals surface area contributed by atoms with Gasteiger partial charge in [0.05, 0.1) is 14.7 Å². The highest BCUT2D eigenvalue weighted by molar-refractivity contribution is 7.20. The van der Waals surface area contributed by atoms with E-state index in [1.54, 1.807) is 0 Å². The van der Waals surface area contributed by atoms with Crippen molar-refractivity contribution >= 4 is 40.2 Å². The van der Waals surface area contributed by atoms with Crippen LogP contribution in [0.15, 0.2) is 24.3 Å². The fraction of sp³-hybridized carbons (Fsp3) is 0.333. The molecule has 1 aliphatic carbocycles. The van der Waals surface area contributed by atoms with Crippen LogP contribution in [0.2, 0.25) is 8.67 Å². The van der Waals surface area contributed by atoms with Crippen molar-refractivity contribution in [1.82, 2.24) is 0 Å². The number of aryl methyl sites for hydroxylation is 2. The minimum absolute atomic E-state index is 0.163. The summed E-state index contributed by atoms with van der Waals surface area (Å²) in [6.45, 7) is 2.11. The third-order valence-corrected chi connectivity index (χ3v) is 5.15. The van der Waals surface area contributed by atoms with Gasteiger partial charge in [-0.25, -0.2) is 0 Å². The highest BCUT2D eigenvalue weighted by atomic mass is 35.5. The smallest absolute Gasteiger partial charge is 0.0996 e. The topological polar surface area (TPSA) is 12.0 Å². The first-order valence-corrected chi connectivity index (χ1v) is 8.04. The van der Waals surface area contributed by atoms with Crippen LogP contribution >= 0.6 is 34.5 Å². The molecule has 1 aliphatic rings. The molecule has 1 unspecified atom stereocenters. The summed E-state index contributed by atoms with van der Waals surface area (Å²) in [7, 11) is 0. The fourth-order valence-electron chi connectivity index (χ4n) is 2.64. The maximum atomic E-state index is 6.19. The third kappa shape index (κ3) is 2.76. The summed E-state index contributed by atoms with van der Waals surface area (Å²) in [6, 6.07) is 8.76. The Morgan fingerprint density at radius 2 is 1.95 bits per heavy atom. The van der Waals surface area contributed by atoms with Crippen molar-refractivity contribution < 1.29 is 0 Å². The summed E-state index contributed by atoms with van der Waals surface area (Å²) >= 11 is 13.6. The quantitative estimate of drug-likeness (QED) is 0.764. The van der Waals surface area contributed by atoms with Gasteiger partial charge < -0.3 is 5.32 Å². The van der Waals surface area contributed by atoms with Crippen molar-refractivity contribution in [3.05, 3.63) is 49.6 Å². The molecule has 1 heterocycles. The van der Waals surface area contributed by atoms with Gasteiger partial charge in [0, 0.05) is 11.3 Å². The molecule has 1 nitrogen and oxygen atoms in total. The first kappa shape index (κ1) is 13.3. The van der Waals surface area contributed by atoms with Gasteiger partial charge in [0.25, 0.3) is 0 Å². The molecule has 0 saturated carbocycles. The second-order valence-electron chi connectivity index (χ2n) is 4.98. The molecule has 0 aliphatic heterocycles. The second kappa shape index (κ2) is 5.35. The minimum atomic E-state index is 0.163.